The number of hydrogen-bond acceptors (Lipinski definition) is 13. The van der Waals surface area contributed by atoms with E-state index < -0.39 is 86.8 Å². The highest BCUT2D eigenvalue weighted by Crippen LogP contribution is 2.30. The van der Waals surface area contributed by atoms with Gasteiger partial charge in [-0.3, -0.25) is 4.79 Å². The van der Waals surface area contributed by atoms with E-state index in [1.165, 1.54) is 83.5 Å². The second kappa shape index (κ2) is 39.4. The van der Waals surface area contributed by atoms with Crippen molar-refractivity contribution in [1.82, 2.24) is 5.32 Å². The van der Waals surface area contributed by atoms with Gasteiger partial charge in [0.05, 0.1) is 32.0 Å². The Kier molecular flexibility index (Phi) is 35.8. The number of ether oxygens (including phenoxy) is 4. The smallest absolute Gasteiger partial charge is 0.220 e. The van der Waals surface area contributed by atoms with Gasteiger partial charge in [0.1, 0.15) is 48.8 Å². The number of allylic oxidation sites excluding steroid dienone is 9. The van der Waals surface area contributed by atoms with Crippen LogP contribution >= 0.6 is 0 Å². The van der Waals surface area contributed by atoms with Crippen LogP contribution in [-0.2, 0) is 23.7 Å². The minimum atomic E-state index is -1.79. The number of amides is 1. The molecule has 2 heterocycles. The Morgan fingerprint density at radius 1 is 0.552 bits per heavy atom. The first-order valence-corrected chi connectivity index (χ1v) is 26.0. The summed E-state index contributed by atoms with van der Waals surface area (Å²) >= 11 is 0. The maximum absolute atomic E-state index is 13.0. The minimum absolute atomic E-state index is 0.251. The van der Waals surface area contributed by atoms with Crippen LogP contribution < -0.4 is 5.32 Å². The van der Waals surface area contributed by atoms with Gasteiger partial charge in [-0.25, -0.2) is 0 Å². The lowest BCUT2D eigenvalue weighted by Gasteiger charge is -2.46. The number of nitrogens with one attached hydrogen (secondary N) is 1. The summed E-state index contributed by atoms with van der Waals surface area (Å²) in [7, 11) is 0. The lowest BCUT2D eigenvalue weighted by Crippen LogP contribution is -2.65. The number of rotatable bonds is 39. The molecule has 388 valence electrons. The van der Waals surface area contributed by atoms with Gasteiger partial charge in [0.25, 0.3) is 0 Å². The molecule has 0 bridgehead atoms. The first kappa shape index (κ1) is 60.8. The highest BCUT2D eigenvalue weighted by Gasteiger charge is 2.51. The lowest BCUT2D eigenvalue weighted by molar-refractivity contribution is -0.359. The summed E-state index contributed by atoms with van der Waals surface area (Å²) in [6, 6.07) is -0.911. The van der Waals surface area contributed by atoms with Gasteiger partial charge in [-0.2, -0.15) is 0 Å². The van der Waals surface area contributed by atoms with E-state index in [2.05, 4.69) is 67.8 Å². The van der Waals surface area contributed by atoms with Crippen molar-refractivity contribution in [3.8, 4) is 0 Å². The molecule has 0 spiro atoms. The van der Waals surface area contributed by atoms with Crippen LogP contribution in [0.1, 0.15) is 174 Å². The van der Waals surface area contributed by atoms with Crippen molar-refractivity contribution in [2.24, 2.45) is 0 Å². The van der Waals surface area contributed by atoms with Crippen LogP contribution in [0, 0.1) is 0 Å². The Morgan fingerprint density at radius 3 is 1.57 bits per heavy atom. The van der Waals surface area contributed by atoms with Gasteiger partial charge >= 0.3 is 0 Å². The fourth-order valence-electron chi connectivity index (χ4n) is 8.21. The molecule has 0 radical (unpaired) electrons. The number of aliphatic hydroxyl groups is 8. The molecule has 1 amide bonds. The van der Waals surface area contributed by atoms with Crippen LogP contribution in [0.15, 0.2) is 60.8 Å². The van der Waals surface area contributed by atoms with Gasteiger partial charge in [0.2, 0.25) is 5.91 Å². The number of aliphatic hydroxyl groups excluding tert-OH is 8. The minimum Gasteiger partial charge on any atom is -0.394 e. The number of unbranched alkanes of at least 4 members (excludes halogenated alkanes) is 18. The van der Waals surface area contributed by atoms with Crippen molar-refractivity contribution in [3.63, 3.8) is 0 Å². The van der Waals surface area contributed by atoms with Crippen LogP contribution in [0.5, 0.6) is 0 Å². The zero-order valence-corrected chi connectivity index (χ0v) is 41.1. The molecule has 2 aliphatic rings. The maximum Gasteiger partial charge on any atom is 0.220 e. The lowest BCUT2D eigenvalue weighted by atomic mass is 9.97. The highest BCUT2D eigenvalue weighted by molar-refractivity contribution is 5.76. The van der Waals surface area contributed by atoms with Gasteiger partial charge in [-0.05, 0) is 51.4 Å². The third-order valence-corrected chi connectivity index (χ3v) is 12.5. The molecule has 2 fully saturated rings. The van der Waals surface area contributed by atoms with Crippen LogP contribution in [0.2, 0.25) is 0 Å². The molecule has 12 atom stereocenters. The summed E-state index contributed by atoms with van der Waals surface area (Å²) in [4.78, 5) is 13.0. The largest absolute Gasteiger partial charge is 0.394 e. The van der Waals surface area contributed by atoms with Gasteiger partial charge in [0, 0.05) is 6.42 Å². The topological polar surface area (TPSA) is 228 Å². The molecule has 12 unspecified atom stereocenters. The van der Waals surface area contributed by atoms with Crippen LogP contribution in [-0.4, -0.2) is 140 Å². The summed E-state index contributed by atoms with van der Waals surface area (Å²) in [5.41, 5.74) is 0. The van der Waals surface area contributed by atoms with Crippen molar-refractivity contribution in [3.05, 3.63) is 60.8 Å². The van der Waals surface area contributed by atoms with E-state index in [-0.39, 0.29) is 18.9 Å². The number of carbonyl (C=O) groups is 1. The zero-order chi connectivity index (χ0) is 48.9. The average molecular weight is 952 g/mol. The van der Waals surface area contributed by atoms with Gasteiger partial charge in [-0.15, -0.1) is 0 Å². The molecule has 9 N–H and O–H groups in total. The van der Waals surface area contributed by atoms with Crippen LogP contribution in [0.25, 0.3) is 0 Å². The second-order valence-electron chi connectivity index (χ2n) is 18.3. The normalized spacial score (nSPS) is 27.1. The predicted octanol–water partition coefficient (Wildman–Crippen LogP) is 7.05. The molecule has 2 rings (SSSR count). The Hall–Kier alpha value is -2.31. The van der Waals surface area contributed by atoms with E-state index >= 15 is 0 Å². The molecule has 0 aromatic carbocycles. The number of hydrogen-bond donors (Lipinski definition) is 9. The summed E-state index contributed by atoms with van der Waals surface area (Å²) in [5, 5.41) is 86.0. The van der Waals surface area contributed by atoms with Crippen molar-refractivity contribution in [2.75, 3.05) is 19.8 Å². The predicted molar refractivity (Wildman–Crippen MR) is 263 cm³/mol. The Bertz CT molecular complexity index is 1360. The van der Waals surface area contributed by atoms with Crippen molar-refractivity contribution < 1.29 is 64.6 Å². The molecule has 2 saturated heterocycles. The van der Waals surface area contributed by atoms with Gasteiger partial charge in [-0.1, -0.05) is 177 Å². The van der Waals surface area contributed by atoms with Crippen LogP contribution in [0.4, 0.5) is 0 Å². The molecule has 14 nitrogen and oxygen atoms in total. The fourth-order valence-corrected chi connectivity index (χ4v) is 8.21. The van der Waals surface area contributed by atoms with Gasteiger partial charge in [0.15, 0.2) is 12.6 Å². The summed E-state index contributed by atoms with van der Waals surface area (Å²) < 4.78 is 22.5. The maximum atomic E-state index is 13.0. The third kappa shape index (κ3) is 26.5. The van der Waals surface area contributed by atoms with Crippen molar-refractivity contribution in [1.29, 1.82) is 0 Å². The summed E-state index contributed by atoms with van der Waals surface area (Å²) in [6.45, 7) is 2.50. The van der Waals surface area contributed by atoms with E-state index in [0.29, 0.717) is 6.42 Å². The summed E-state index contributed by atoms with van der Waals surface area (Å²) in [5.74, 6) is -0.251. The Balaban J connectivity index is 1.58. The van der Waals surface area contributed by atoms with Crippen LogP contribution in [0.3, 0.4) is 0 Å². The Labute approximate surface area is 403 Å². The second-order valence-corrected chi connectivity index (χ2v) is 18.3. The molecular weight excluding hydrogens is 859 g/mol. The van der Waals surface area contributed by atoms with Crippen molar-refractivity contribution in [2.45, 2.75) is 248 Å². The monoisotopic (exact) mass is 952 g/mol. The van der Waals surface area contributed by atoms with E-state index in [1.54, 1.807) is 6.08 Å². The molecule has 67 heavy (non-hydrogen) atoms. The summed E-state index contributed by atoms with van der Waals surface area (Å²) in [6.07, 6.45) is 32.2. The highest BCUT2D eigenvalue weighted by atomic mass is 16.7. The van der Waals surface area contributed by atoms with E-state index in [4.69, 9.17) is 18.9 Å². The molecule has 0 aromatic heterocycles. The standard InChI is InChI=1S/C53H93NO13/c1-3-5-7-9-10-11-12-13-14-15-16-17-18-19-20-21-22-23-24-25-26-27-28-29-30-31-32-33-35-37-45(58)54-41(42(57)36-34-8-6-4-2)40-64-52-50(63)48(61)51(44(39-56)66-52)67-53-49(62)47(60)46(59)43(38-55)65-53/h5,7,10-11,13-14,16-17,34,36,41-44,46-53,55-57,59-63H,3-4,6,8-9,12,15,18-33,35,37-40H2,1-2H3,(H,54,58)/b7-5-,11-10-,14-13-,17-16-,36-34+. The SMILES string of the molecule is CC/C=C\C/C=C\C/C=C\C/C=C\CCCCCCCCCCCCCCCCCCC(=O)NC(COC1OC(CO)C(OC2OC(CO)C(O)C(O)C2O)C(O)C1O)C(O)/C=C/CCCC. The average Bonchev–Trinajstić information content (AvgIpc) is 3.33. The number of carbonyl (C=O) groups excluding carboxylic acids is 1. The molecule has 0 saturated carbocycles. The molecular formula is C53H93NO13. The van der Waals surface area contributed by atoms with Gasteiger partial charge < -0.3 is 65.1 Å². The molecule has 14 heteroatoms. The zero-order valence-electron chi connectivity index (χ0n) is 41.1. The fraction of sp³-hybridized carbons (Fsp3) is 0.792. The van der Waals surface area contributed by atoms with Crippen molar-refractivity contribution >= 4 is 5.91 Å². The molecule has 2 aliphatic heterocycles. The van der Waals surface area contributed by atoms with E-state index in [9.17, 15) is 45.6 Å². The first-order chi connectivity index (χ1) is 32.6. The van der Waals surface area contributed by atoms with E-state index in [0.717, 1.165) is 64.2 Å². The first-order valence-electron chi connectivity index (χ1n) is 26.0. The Morgan fingerprint density at radius 2 is 1.03 bits per heavy atom. The third-order valence-electron chi connectivity index (χ3n) is 12.5. The molecule has 0 aliphatic carbocycles. The van der Waals surface area contributed by atoms with E-state index in [1.807, 2.05) is 6.08 Å². The quantitative estimate of drug-likeness (QED) is 0.0223. The molecule has 0 aromatic rings.